The Balaban J connectivity index is 1.31. The van der Waals surface area contributed by atoms with Gasteiger partial charge in [-0.2, -0.15) is 0 Å². The van der Waals surface area contributed by atoms with Crippen LogP contribution in [0.3, 0.4) is 0 Å². The van der Waals surface area contributed by atoms with Crippen LogP contribution in [-0.4, -0.2) is 44.5 Å². The van der Waals surface area contributed by atoms with Gasteiger partial charge in [-0.1, -0.05) is 18.2 Å². The van der Waals surface area contributed by atoms with Gasteiger partial charge in [0.25, 0.3) is 0 Å². The molecule has 0 radical (unpaired) electrons. The van der Waals surface area contributed by atoms with E-state index in [2.05, 4.69) is 38.9 Å². The summed E-state index contributed by atoms with van der Waals surface area (Å²) in [6.45, 7) is 2.45. The minimum Gasteiger partial charge on any atom is -0.339 e. The zero-order chi connectivity index (χ0) is 19.3. The van der Waals surface area contributed by atoms with Crippen LogP contribution < -0.4 is 5.32 Å². The number of likely N-dealkylation sites (tertiary alicyclic amines) is 1. The fraction of sp³-hybridized carbons (Fsp3) is 0.409. The predicted octanol–water partition coefficient (Wildman–Crippen LogP) is 2.68. The van der Waals surface area contributed by atoms with Gasteiger partial charge in [-0.05, 0) is 43.1 Å². The molecular weight excluding hydrogens is 350 g/mol. The van der Waals surface area contributed by atoms with E-state index in [1.54, 1.807) is 6.20 Å². The van der Waals surface area contributed by atoms with E-state index >= 15 is 0 Å². The molecule has 0 spiro atoms. The molecule has 1 saturated heterocycles. The number of para-hydroxylation sites is 2. The molecular formula is C22H27N5O. The number of rotatable bonds is 8. The zero-order valence-corrected chi connectivity index (χ0v) is 16.3. The molecule has 6 heteroatoms. The first-order valence-corrected chi connectivity index (χ1v) is 10.0. The number of aryl methyl sites for hydroxylation is 1. The molecule has 3 aromatic rings. The monoisotopic (exact) mass is 377 g/mol. The third-order valence-corrected chi connectivity index (χ3v) is 5.61. The van der Waals surface area contributed by atoms with Gasteiger partial charge in [-0.3, -0.25) is 9.78 Å². The number of imidazole rings is 1. The van der Waals surface area contributed by atoms with Gasteiger partial charge >= 0.3 is 0 Å². The summed E-state index contributed by atoms with van der Waals surface area (Å²) in [6, 6.07) is 12.5. The van der Waals surface area contributed by atoms with Crippen molar-refractivity contribution in [2.75, 3.05) is 13.1 Å². The number of nitrogens with one attached hydrogen (secondary N) is 1. The summed E-state index contributed by atoms with van der Waals surface area (Å²) in [5.74, 6) is 1.31. The Morgan fingerprint density at radius 3 is 2.93 bits per heavy atom. The highest BCUT2D eigenvalue weighted by Crippen LogP contribution is 2.22. The average Bonchev–Trinajstić information content (AvgIpc) is 3.24. The molecule has 1 fully saturated rings. The molecule has 1 aromatic carbocycles. The molecule has 0 bridgehead atoms. The highest BCUT2D eigenvalue weighted by molar-refractivity contribution is 5.79. The first kappa shape index (κ1) is 18.6. The first-order valence-electron chi connectivity index (χ1n) is 10.0. The van der Waals surface area contributed by atoms with Crippen LogP contribution in [0.4, 0.5) is 0 Å². The van der Waals surface area contributed by atoms with Gasteiger partial charge in [-0.25, -0.2) is 4.98 Å². The molecule has 2 aromatic heterocycles. The number of carbonyl (C=O) groups is 1. The normalized spacial score (nSPS) is 17.0. The number of amides is 1. The Morgan fingerprint density at radius 2 is 2.11 bits per heavy atom. The first-order chi connectivity index (χ1) is 13.7. The van der Waals surface area contributed by atoms with E-state index in [4.69, 9.17) is 4.98 Å². The Bertz CT molecular complexity index is 937. The second-order valence-corrected chi connectivity index (χ2v) is 7.43. The number of aromatic nitrogens is 3. The second-order valence-electron chi connectivity index (χ2n) is 7.43. The largest absolute Gasteiger partial charge is 0.339 e. The number of carbonyl (C=O) groups excluding carboxylic acids is 1. The molecule has 1 aliphatic heterocycles. The van der Waals surface area contributed by atoms with Gasteiger partial charge < -0.3 is 14.8 Å². The third kappa shape index (κ3) is 4.07. The van der Waals surface area contributed by atoms with Crippen LogP contribution in [0.15, 0.2) is 48.8 Å². The fourth-order valence-corrected chi connectivity index (χ4v) is 4.04. The standard InChI is InChI=1S/C22H27N5O/c1-26-20-7-3-2-6-19(20)25-21(26)11-14-27-18(8-9-22(27)28)10-13-24-16-17-5-4-12-23-15-17/h2-7,12,15,18,24H,8-11,13-14,16H2,1H3. The van der Waals surface area contributed by atoms with Crippen LogP contribution >= 0.6 is 0 Å². The topological polar surface area (TPSA) is 63.1 Å². The lowest BCUT2D eigenvalue weighted by molar-refractivity contribution is -0.129. The van der Waals surface area contributed by atoms with Crippen molar-refractivity contribution in [3.8, 4) is 0 Å². The minimum atomic E-state index is 0.274. The Kier molecular flexibility index (Phi) is 5.67. The number of hydrogen-bond acceptors (Lipinski definition) is 4. The maximum Gasteiger partial charge on any atom is 0.222 e. The molecule has 6 nitrogen and oxygen atoms in total. The number of fused-ring (bicyclic) bond motifs is 1. The van der Waals surface area contributed by atoms with Crippen molar-refractivity contribution in [2.45, 2.75) is 38.3 Å². The highest BCUT2D eigenvalue weighted by Gasteiger charge is 2.30. The van der Waals surface area contributed by atoms with Crippen molar-refractivity contribution < 1.29 is 4.79 Å². The average molecular weight is 377 g/mol. The molecule has 4 rings (SSSR count). The van der Waals surface area contributed by atoms with Crippen molar-refractivity contribution in [1.82, 2.24) is 24.8 Å². The van der Waals surface area contributed by atoms with Gasteiger partial charge in [-0.15, -0.1) is 0 Å². The molecule has 146 valence electrons. The Labute approximate surface area is 165 Å². The predicted molar refractivity (Wildman–Crippen MR) is 110 cm³/mol. The minimum absolute atomic E-state index is 0.274. The van der Waals surface area contributed by atoms with Crippen LogP contribution in [0, 0.1) is 0 Å². The highest BCUT2D eigenvalue weighted by atomic mass is 16.2. The Hall–Kier alpha value is -2.73. The smallest absolute Gasteiger partial charge is 0.222 e. The summed E-state index contributed by atoms with van der Waals surface area (Å²) in [7, 11) is 2.05. The van der Waals surface area contributed by atoms with Crippen LogP contribution in [-0.2, 0) is 24.8 Å². The third-order valence-electron chi connectivity index (χ3n) is 5.61. The van der Waals surface area contributed by atoms with Gasteiger partial charge in [0.05, 0.1) is 11.0 Å². The molecule has 1 aliphatic rings. The van der Waals surface area contributed by atoms with Crippen LogP contribution in [0.5, 0.6) is 0 Å². The van der Waals surface area contributed by atoms with E-state index in [0.717, 1.165) is 55.8 Å². The summed E-state index contributed by atoms with van der Waals surface area (Å²) >= 11 is 0. The second kappa shape index (κ2) is 8.52. The molecule has 0 aliphatic carbocycles. The SMILES string of the molecule is Cn1c(CCN2C(=O)CCC2CCNCc2cccnc2)nc2ccccc21. The van der Waals surface area contributed by atoms with Gasteiger partial charge in [0.2, 0.25) is 5.91 Å². The van der Waals surface area contributed by atoms with Gasteiger partial charge in [0, 0.05) is 51.4 Å². The van der Waals surface area contributed by atoms with Crippen molar-refractivity contribution in [3.63, 3.8) is 0 Å². The molecule has 1 unspecified atom stereocenters. The fourth-order valence-electron chi connectivity index (χ4n) is 4.04. The Morgan fingerprint density at radius 1 is 1.21 bits per heavy atom. The van der Waals surface area contributed by atoms with Crippen LogP contribution in [0.1, 0.15) is 30.7 Å². The van der Waals surface area contributed by atoms with Crippen LogP contribution in [0.2, 0.25) is 0 Å². The number of benzene rings is 1. The lowest BCUT2D eigenvalue weighted by atomic mass is 10.1. The number of pyridine rings is 1. The van der Waals surface area contributed by atoms with Crippen molar-refractivity contribution >= 4 is 16.9 Å². The van der Waals surface area contributed by atoms with E-state index < -0.39 is 0 Å². The quantitative estimate of drug-likeness (QED) is 0.613. The molecule has 28 heavy (non-hydrogen) atoms. The molecule has 0 saturated carbocycles. The molecule has 1 N–H and O–H groups in total. The van der Waals surface area contributed by atoms with E-state index in [0.29, 0.717) is 12.5 Å². The van der Waals surface area contributed by atoms with Gasteiger partial charge in [0.15, 0.2) is 0 Å². The molecule has 3 heterocycles. The summed E-state index contributed by atoms with van der Waals surface area (Å²) in [4.78, 5) is 23.3. The van der Waals surface area contributed by atoms with Crippen LogP contribution in [0.25, 0.3) is 11.0 Å². The lowest BCUT2D eigenvalue weighted by Crippen LogP contribution is -2.36. The molecule has 1 atom stereocenters. The van der Waals surface area contributed by atoms with Crippen molar-refractivity contribution in [3.05, 3.63) is 60.2 Å². The number of hydrogen-bond donors (Lipinski definition) is 1. The lowest BCUT2D eigenvalue weighted by Gasteiger charge is -2.25. The van der Waals surface area contributed by atoms with Crippen molar-refractivity contribution in [2.24, 2.45) is 7.05 Å². The summed E-state index contributed by atoms with van der Waals surface area (Å²) in [5.41, 5.74) is 3.34. The maximum absolute atomic E-state index is 12.4. The maximum atomic E-state index is 12.4. The molecule has 1 amide bonds. The summed E-state index contributed by atoms with van der Waals surface area (Å²) in [5, 5.41) is 3.47. The van der Waals surface area contributed by atoms with Gasteiger partial charge in [0.1, 0.15) is 5.82 Å². The zero-order valence-electron chi connectivity index (χ0n) is 16.3. The van der Waals surface area contributed by atoms with E-state index in [-0.39, 0.29) is 5.91 Å². The van der Waals surface area contributed by atoms with E-state index in [1.165, 1.54) is 5.56 Å². The van der Waals surface area contributed by atoms with Crippen molar-refractivity contribution in [1.29, 1.82) is 0 Å². The van der Waals surface area contributed by atoms with E-state index in [1.807, 2.05) is 30.5 Å². The number of nitrogens with zero attached hydrogens (tertiary/aromatic N) is 4. The summed E-state index contributed by atoms with van der Waals surface area (Å²) in [6.07, 6.45) is 7.06. The van der Waals surface area contributed by atoms with E-state index in [9.17, 15) is 4.79 Å². The summed E-state index contributed by atoms with van der Waals surface area (Å²) < 4.78 is 2.14.